The van der Waals surface area contributed by atoms with Crippen LogP contribution in [0.1, 0.15) is 54.9 Å². The van der Waals surface area contributed by atoms with Crippen LogP contribution in [0.15, 0.2) is 55.1 Å². The molecule has 0 radical (unpaired) electrons. The summed E-state index contributed by atoms with van der Waals surface area (Å²) in [6.07, 6.45) is 3.62. The van der Waals surface area contributed by atoms with E-state index in [0.717, 1.165) is 13.0 Å². The van der Waals surface area contributed by atoms with Gasteiger partial charge in [0.05, 0.1) is 0 Å². The third kappa shape index (κ3) is 3.96. The van der Waals surface area contributed by atoms with Crippen molar-refractivity contribution in [3.63, 3.8) is 0 Å². The number of aryl methyl sites for hydroxylation is 1. The first-order valence-corrected chi connectivity index (χ1v) is 9.22. The Labute approximate surface area is 147 Å². The van der Waals surface area contributed by atoms with Gasteiger partial charge in [-0.2, -0.15) is 0 Å². The third-order valence-corrected chi connectivity index (χ3v) is 5.28. The number of allylic oxidation sites excluding steroid dienone is 1. The molecule has 0 unspecified atom stereocenters. The van der Waals surface area contributed by atoms with E-state index in [4.69, 9.17) is 0 Å². The van der Waals surface area contributed by atoms with Gasteiger partial charge in [-0.3, -0.25) is 4.90 Å². The standard InChI is InChI=1S/C23H29N/c1-4-20-16-22(10-11-23(20)18(2)3)21-12-14-24(15-13-21)17-19-8-6-5-7-9-19/h5-11,16,21H,2,4,12-15,17H2,1,3H3. The maximum atomic E-state index is 4.12. The average molecular weight is 319 g/mol. The second-order valence-corrected chi connectivity index (χ2v) is 7.09. The minimum atomic E-state index is 0.710. The van der Waals surface area contributed by atoms with Gasteiger partial charge in [-0.15, -0.1) is 0 Å². The quantitative estimate of drug-likeness (QED) is 0.687. The maximum Gasteiger partial charge on any atom is 0.0233 e. The Morgan fingerprint density at radius 2 is 1.79 bits per heavy atom. The summed E-state index contributed by atoms with van der Waals surface area (Å²) in [6, 6.07) is 17.9. The molecule has 1 aliphatic heterocycles. The van der Waals surface area contributed by atoms with Crippen LogP contribution < -0.4 is 0 Å². The maximum absolute atomic E-state index is 4.12. The van der Waals surface area contributed by atoms with Gasteiger partial charge in [-0.25, -0.2) is 0 Å². The van der Waals surface area contributed by atoms with Gasteiger partial charge >= 0.3 is 0 Å². The van der Waals surface area contributed by atoms with Crippen LogP contribution in [-0.4, -0.2) is 18.0 Å². The highest BCUT2D eigenvalue weighted by molar-refractivity contribution is 5.65. The van der Waals surface area contributed by atoms with Crippen LogP contribution >= 0.6 is 0 Å². The van der Waals surface area contributed by atoms with Crippen molar-refractivity contribution in [1.29, 1.82) is 0 Å². The van der Waals surface area contributed by atoms with Crippen molar-refractivity contribution in [3.8, 4) is 0 Å². The van der Waals surface area contributed by atoms with Crippen molar-refractivity contribution in [2.45, 2.75) is 45.6 Å². The fourth-order valence-corrected chi connectivity index (χ4v) is 3.84. The summed E-state index contributed by atoms with van der Waals surface area (Å²) in [4.78, 5) is 2.59. The summed E-state index contributed by atoms with van der Waals surface area (Å²) in [5, 5.41) is 0. The lowest BCUT2D eigenvalue weighted by atomic mass is 9.86. The van der Waals surface area contributed by atoms with Crippen molar-refractivity contribution in [2.75, 3.05) is 13.1 Å². The Morgan fingerprint density at radius 1 is 1.08 bits per heavy atom. The summed E-state index contributed by atoms with van der Waals surface area (Å²) in [5.74, 6) is 0.710. The summed E-state index contributed by atoms with van der Waals surface area (Å²) in [5.41, 5.74) is 6.91. The van der Waals surface area contributed by atoms with Gasteiger partial charge < -0.3 is 0 Å². The van der Waals surface area contributed by atoms with Crippen LogP contribution in [-0.2, 0) is 13.0 Å². The Morgan fingerprint density at radius 3 is 2.42 bits per heavy atom. The SMILES string of the molecule is C=C(C)c1ccc(C2CCN(Cc3ccccc3)CC2)cc1CC. The summed E-state index contributed by atoms with van der Waals surface area (Å²) in [7, 11) is 0. The van der Waals surface area contributed by atoms with Gasteiger partial charge in [0.2, 0.25) is 0 Å². The highest BCUT2D eigenvalue weighted by Crippen LogP contribution is 2.31. The van der Waals surface area contributed by atoms with Crippen molar-refractivity contribution in [3.05, 3.63) is 77.4 Å². The molecule has 0 atom stereocenters. The Balaban J connectivity index is 1.63. The van der Waals surface area contributed by atoms with Crippen LogP contribution in [0, 0.1) is 0 Å². The Hall–Kier alpha value is -1.86. The lowest BCUT2D eigenvalue weighted by Crippen LogP contribution is -2.32. The van der Waals surface area contributed by atoms with E-state index in [-0.39, 0.29) is 0 Å². The highest BCUT2D eigenvalue weighted by Gasteiger charge is 2.21. The first-order valence-electron chi connectivity index (χ1n) is 9.22. The Kier molecular flexibility index (Phi) is 5.52. The molecule has 1 saturated heterocycles. The summed E-state index contributed by atoms with van der Waals surface area (Å²) < 4.78 is 0. The molecule has 3 rings (SSSR count). The molecule has 0 bridgehead atoms. The molecule has 1 heterocycles. The van der Waals surface area contributed by atoms with Gasteiger partial charge in [0.15, 0.2) is 0 Å². The van der Waals surface area contributed by atoms with E-state index in [1.54, 1.807) is 0 Å². The van der Waals surface area contributed by atoms with Crippen LogP contribution in [0.3, 0.4) is 0 Å². The monoisotopic (exact) mass is 319 g/mol. The summed E-state index contributed by atoms with van der Waals surface area (Å²) in [6.45, 7) is 12.0. The van der Waals surface area contributed by atoms with Crippen LogP contribution in [0.4, 0.5) is 0 Å². The number of piperidine rings is 1. The first kappa shape index (κ1) is 17.0. The smallest absolute Gasteiger partial charge is 0.0233 e. The molecule has 1 aliphatic rings. The Bertz CT molecular complexity index is 678. The van der Waals surface area contributed by atoms with Crippen LogP contribution in [0.2, 0.25) is 0 Å². The number of hydrogen-bond donors (Lipinski definition) is 0. The molecular weight excluding hydrogens is 290 g/mol. The zero-order chi connectivity index (χ0) is 16.9. The highest BCUT2D eigenvalue weighted by atomic mass is 15.1. The number of rotatable bonds is 5. The minimum Gasteiger partial charge on any atom is -0.299 e. The van der Waals surface area contributed by atoms with Gasteiger partial charge in [-0.05, 0) is 67.4 Å². The summed E-state index contributed by atoms with van der Waals surface area (Å²) >= 11 is 0. The van der Waals surface area contributed by atoms with Crippen LogP contribution in [0.25, 0.3) is 5.57 Å². The zero-order valence-corrected chi connectivity index (χ0v) is 15.1. The molecule has 126 valence electrons. The molecule has 0 spiro atoms. The van der Waals surface area contributed by atoms with E-state index in [1.807, 2.05) is 0 Å². The molecule has 1 nitrogen and oxygen atoms in total. The van der Waals surface area contributed by atoms with Gasteiger partial charge in [0.1, 0.15) is 0 Å². The van der Waals surface area contributed by atoms with Crippen LogP contribution in [0.5, 0.6) is 0 Å². The molecule has 0 saturated carbocycles. The molecular formula is C23H29N. The topological polar surface area (TPSA) is 3.24 Å². The molecule has 24 heavy (non-hydrogen) atoms. The molecule has 2 aromatic carbocycles. The average Bonchev–Trinajstić information content (AvgIpc) is 2.62. The fourth-order valence-electron chi connectivity index (χ4n) is 3.84. The molecule has 0 aromatic heterocycles. The van der Waals surface area contributed by atoms with Gasteiger partial charge in [-0.1, -0.05) is 67.6 Å². The fraction of sp³-hybridized carbons (Fsp3) is 0.391. The molecule has 0 N–H and O–H groups in total. The molecule has 2 aromatic rings. The second-order valence-electron chi connectivity index (χ2n) is 7.09. The predicted molar refractivity (Wildman–Crippen MR) is 104 cm³/mol. The van der Waals surface area contributed by atoms with E-state index in [2.05, 4.69) is 73.9 Å². The number of nitrogens with zero attached hydrogens (tertiary/aromatic N) is 1. The number of benzene rings is 2. The number of likely N-dealkylation sites (tertiary alicyclic amines) is 1. The zero-order valence-electron chi connectivity index (χ0n) is 15.1. The van der Waals surface area contributed by atoms with E-state index in [1.165, 1.54) is 53.8 Å². The van der Waals surface area contributed by atoms with E-state index < -0.39 is 0 Å². The van der Waals surface area contributed by atoms with E-state index in [0.29, 0.717) is 5.92 Å². The second kappa shape index (κ2) is 7.81. The lowest BCUT2D eigenvalue weighted by Gasteiger charge is -2.32. The first-order chi connectivity index (χ1) is 11.7. The lowest BCUT2D eigenvalue weighted by molar-refractivity contribution is 0.204. The molecule has 0 amide bonds. The van der Waals surface area contributed by atoms with E-state index >= 15 is 0 Å². The molecule has 1 heteroatoms. The van der Waals surface area contributed by atoms with Crippen molar-refractivity contribution < 1.29 is 0 Å². The minimum absolute atomic E-state index is 0.710. The largest absolute Gasteiger partial charge is 0.299 e. The molecule has 1 fully saturated rings. The van der Waals surface area contributed by atoms with Crippen molar-refractivity contribution >= 4 is 5.57 Å². The normalized spacial score (nSPS) is 16.2. The van der Waals surface area contributed by atoms with Crippen molar-refractivity contribution in [1.82, 2.24) is 4.90 Å². The van der Waals surface area contributed by atoms with E-state index in [9.17, 15) is 0 Å². The number of hydrogen-bond acceptors (Lipinski definition) is 1. The molecule has 0 aliphatic carbocycles. The van der Waals surface area contributed by atoms with Gasteiger partial charge in [0.25, 0.3) is 0 Å². The predicted octanol–water partition coefficient (Wildman–Crippen LogP) is 5.66. The third-order valence-electron chi connectivity index (χ3n) is 5.28. The van der Waals surface area contributed by atoms with Crippen molar-refractivity contribution in [2.24, 2.45) is 0 Å². The van der Waals surface area contributed by atoms with Gasteiger partial charge in [0, 0.05) is 6.54 Å².